The second kappa shape index (κ2) is 7.88. The number of carbonyl (C=O) groups is 1. The van der Waals surface area contributed by atoms with Gasteiger partial charge >= 0.3 is 0 Å². The average molecular weight is 325 g/mol. The van der Waals surface area contributed by atoms with E-state index in [9.17, 15) is 4.79 Å². The highest BCUT2D eigenvalue weighted by Gasteiger charge is 2.18. The largest absolute Gasteiger partial charge is 0.354 e. The summed E-state index contributed by atoms with van der Waals surface area (Å²) in [7, 11) is 0. The van der Waals surface area contributed by atoms with Crippen LogP contribution in [-0.4, -0.2) is 53.5 Å². The number of amides is 1. The number of hydrogen-bond acceptors (Lipinski definition) is 5. The zero-order valence-corrected chi connectivity index (χ0v) is 14.0. The first-order chi connectivity index (χ1) is 11.8. The fourth-order valence-corrected chi connectivity index (χ4v) is 2.81. The molecule has 24 heavy (non-hydrogen) atoms. The molecule has 3 rings (SSSR count). The molecule has 0 bridgehead atoms. The molecule has 0 spiro atoms. The molecular weight excluding hydrogens is 302 g/mol. The van der Waals surface area contributed by atoms with Crippen molar-refractivity contribution in [2.75, 3.05) is 37.6 Å². The molecule has 0 radical (unpaired) electrons. The predicted octanol–water partition coefficient (Wildman–Crippen LogP) is 1.55. The van der Waals surface area contributed by atoms with Crippen LogP contribution in [0.15, 0.2) is 42.7 Å². The Labute approximate surface area is 142 Å². The molecule has 0 aliphatic carbocycles. The molecule has 1 fully saturated rings. The molecule has 2 heterocycles. The van der Waals surface area contributed by atoms with E-state index in [-0.39, 0.29) is 5.91 Å². The van der Waals surface area contributed by atoms with Crippen molar-refractivity contribution in [3.05, 3.63) is 54.0 Å². The SMILES string of the molecule is CCN1CCN(c2cc(C(=O)NCc3ccccc3)ncn2)CC1. The highest BCUT2D eigenvalue weighted by molar-refractivity contribution is 5.92. The lowest BCUT2D eigenvalue weighted by atomic mass is 10.2. The fraction of sp³-hybridized carbons (Fsp3) is 0.389. The summed E-state index contributed by atoms with van der Waals surface area (Å²) in [5.74, 6) is 0.653. The molecule has 126 valence electrons. The van der Waals surface area contributed by atoms with Crippen LogP contribution in [0.25, 0.3) is 0 Å². The monoisotopic (exact) mass is 325 g/mol. The van der Waals surface area contributed by atoms with Crippen LogP contribution >= 0.6 is 0 Å². The number of nitrogens with zero attached hydrogens (tertiary/aromatic N) is 4. The third kappa shape index (κ3) is 4.08. The molecule has 0 atom stereocenters. The molecule has 6 heteroatoms. The summed E-state index contributed by atoms with van der Waals surface area (Å²) in [5.41, 5.74) is 1.48. The van der Waals surface area contributed by atoms with Gasteiger partial charge in [-0.1, -0.05) is 37.3 Å². The van der Waals surface area contributed by atoms with Gasteiger partial charge in [0.15, 0.2) is 0 Å². The minimum Gasteiger partial charge on any atom is -0.354 e. The topological polar surface area (TPSA) is 61.4 Å². The van der Waals surface area contributed by atoms with Gasteiger partial charge in [-0.2, -0.15) is 0 Å². The maximum absolute atomic E-state index is 12.3. The van der Waals surface area contributed by atoms with Gasteiger partial charge in [0.05, 0.1) is 0 Å². The summed E-state index contributed by atoms with van der Waals surface area (Å²) in [6.45, 7) is 7.65. The summed E-state index contributed by atoms with van der Waals surface area (Å²) in [6.07, 6.45) is 1.47. The van der Waals surface area contributed by atoms with Gasteiger partial charge < -0.3 is 15.1 Å². The van der Waals surface area contributed by atoms with Crippen molar-refractivity contribution in [1.29, 1.82) is 0 Å². The minimum absolute atomic E-state index is 0.172. The van der Waals surface area contributed by atoms with Crippen molar-refractivity contribution in [2.45, 2.75) is 13.5 Å². The number of carbonyl (C=O) groups excluding carboxylic acids is 1. The Balaban J connectivity index is 1.61. The van der Waals surface area contributed by atoms with Gasteiger partial charge in [0, 0.05) is 38.8 Å². The van der Waals surface area contributed by atoms with E-state index in [2.05, 4.69) is 32.0 Å². The third-order valence-electron chi connectivity index (χ3n) is 4.32. The van der Waals surface area contributed by atoms with Crippen LogP contribution in [0, 0.1) is 0 Å². The molecule has 1 aromatic carbocycles. The Morgan fingerprint density at radius 1 is 1.12 bits per heavy atom. The standard InChI is InChI=1S/C18H23N5O/c1-2-22-8-10-23(11-9-22)17-12-16(20-14-21-17)18(24)19-13-15-6-4-3-5-7-15/h3-7,12,14H,2,8-11,13H2,1H3,(H,19,24). The van der Waals surface area contributed by atoms with Crippen LogP contribution in [0.2, 0.25) is 0 Å². The summed E-state index contributed by atoms with van der Waals surface area (Å²) >= 11 is 0. The lowest BCUT2D eigenvalue weighted by Gasteiger charge is -2.34. The molecule has 0 unspecified atom stereocenters. The van der Waals surface area contributed by atoms with Crippen LogP contribution in [0.4, 0.5) is 5.82 Å². The maximum Gasteiger partial charge on any atom is 0.270 e. The zero-order valence-electron chi connectivity index (χ0n) is 14.0. The highest BCUT2D eigenvalue weighted by atomic mass is 16.1. The molecule has 1 N–H and O–H groups in total. The Bertz CT molecular complexity index is 668. The summed E-state index contributed by atoms with van der Waals surface area (Å²) in [4.78, 5) is 25.4. The number of likely N-dealkylation sites (N-methyl/N-ethyl adjacent to an activating group) is 1. The van der Waals surface area contributed by atoms with Crippen LogP contribution < -0.4 is 10.2 Å². The van der Waals surface area contributed by atoms with E-state index in [0.717, 1.165) is 44.1 Å². The van der Waals surface area contributed by atoms with Crippen molar-refractivity contribution in [1.82, 2.24) is 20.2 Å². The molecule has 6 nitrogen and oxygen atoms in total. The van der Waals surface area contributed by atoms with Crippen LogP contribution in [0.1, 0.15) is 23.0 Å². The molecule has 1 amide bonds. The number of anilines is 1. The van der Waals surface area contributed by atoms with Crippen molar-refractivity contribution in [3.8, 4) is 0 Å². The number of benzene rings is 1. The van der Waals surface area contributed by atoms with E-state index in [1.54, 1.807) is 6.07 Å². The molecule has 0 saturated carbocycles. The second-order valence-corrected chi connectivity index (χ2v) is 5.85. The van der Waals surface area contributed by atoms with E-state index < -0.39 is 0 Å². The van der Waals surface area contributed by atoms with Gasteiger partial charge in [-0.25, -0.2) is 9.97 Å². The average Bonchev–Trinajstić information content (AvgIpc) is 2.67. The number of hydrogen-bond donors (Lipinski definition) is 1. The highest BCUT2D eigenvalue weighted by Crippen LogP contribution is 2.14. The van der Waals surface area contributed by atoms with E-state index in [1.165, 1.54) is 6.33 Å². The molecule has 1 aliphatic rings. The molecule has 1 aliphatic heterocycles. The fourth-order valence-electron chi connectivity index (χ4n) is 2.81. The summed E-state index contributed by atoms with van der Waals surface area (Å²) < 4.78 is 0. The Hall–Kier alpha value is -2.47. The van der Waals surface area contributed by atoms with Gasteiger partial charge in [0.1, 0.15) is 17.8 Å². The smallest absolute Gasteiger partial charge is 0.270 e. The van der Waals surface area contributed by atoms with Crippen LogP contribution in [0.5, 0.6) is 0 Å². The number of rotatable bonds is 5. The first-order valence-corrected chi connectivity index (χ1v) is 8.37. The van der Waals surface area contributed by atoms with Crippen molar-refractivity contribution >= 4 is 11.7 Å². The summed E-state index contributed by atoms with van der Waals surface area (Å²) in [6, 6.07) is 11.6. The van der Waals surface area contributed by atoms with Gasteiger partial charge in [0.2, 0.25) is 0 Å². The first-order valence-electron chi connectivity index (χ1n) is 8.37. The van der Waals surface area contributed by atoms with Crippen molar-refractivity contribution in [2.24, 2.45) is 0 Å². The minimum atomic E-state index is -0.172. The Morgan fingerprint density at radius 2 is 1.88 bits per heavy atom. The van der Waals surface area contributed by atoms with Crippen LogP contribution in [0.3, 0.4) is 0 Å². The quantitative estimate of drug-likeness (QED) is 0.904. The normalized spacial score (nSPS) is 15.3. The molecule has 1 aromatic heterocycles. The zero-order chi connectivity index (χ0) is 16.8. The summed E-state index contributed by atoms with van der Waals surface area (Å²) in [5, 5.41) is 2.91. The van der Waals surface area contributed by atoms with Gasteiger partial charge in [0.25, 0.3) is 5.91 Å². The number of nitrogens with one attached hydrogen (secondary N) is 1. The lowest BCUT2D eigenvalue weighted by molar-refractivity contribution is 0.0945. The van der Waals surface area contributed by atoms with E-state index in [1.807, 2.05) is 30.3 Å². The number of aromatic nitrogens is 2. The third-order valence-corrected chi connectivity index (χ3v) is 4.32. The van der Waals surface area contributed by atoms with Crippen molar-refractivity contribution in [3.63, 3.8) is 0 Å². The molecule has 2 aromatic rings. The Kier molecular flexibility index (Phi) is 5.38. The van der Waals surface area contributed by atoms with Gasteiger partial charge in [-0.05, 0) is 12.1 Å². The molecule has 1 saturated heterocycles. The molecular formula is C18H23N5O. The van der Waals surface area contributed by atoms with E-state index in [4.69, 9.17) is 0 Å². The lowest BCUT2D eigenvalue weighted by Crippen LogP contribution is -2.46. The number of piperazine rings is 1. The van der Waals surface area contributed by atoms with E-state index >= 15 is 0 Å². The first kappa shape index (κ1) is 16.4. The van der Waals surface area contributed by atoms with Crippen molar-refractivity contribution < 1.29 is 4.79 Å². The van der Waals surface area contributed by atoms with Gasteiger partial charge in [-0.3, -0.25) is 4.79 Å². The maximum atomic E-state index is 12.3. The Morgan fingerprint density at radius 3 is 2.58 bits per heavy atom. The van der Waals surface area contributed by atoms with Gasteiger partial charge in [-0.15, -0.1) is 0 Å². The van der Waals surface area contributed by atoms with E-state index in [0.29, 0.717) is 12.2 Å². The second-order valence-electron chi connectivity index (χ2n) is 5.85. The van der Waals surface area contributed by atoms with Crippen LogP contribution in [-0.2, 0) is 6.54 Å². The predicted molar refractivity (Wildman–Crippen MR) is 94.0 cm³/mol.